The van der Waals surface area contributed by atoms with Crippen molar-refractivity contribution in [2.45, 2.75) is 63.8 Å². The molecule has 0 N–H and O–H groups in total. The molecule has 3 aromatic carbocycles. The van der Waals surface area contributed by atoms with Crippen molar-refractivity contribution in [1.29, 1.82) is 0 Å². The number of methoxy groups -OCH3 is 2. The van der Waals surface area contributed by atoms with Gasteiger partial charge in [-0.25, -0.2) is 0 Å². The van der Waals surface area contributed by atoms with Gasteiger partial charge in [0, 0.05) is 44.8 Å². The van der Waals surface area contributed by atoms with Crippen LogP contribution in [0.2, 0.25) is 0 Å². The lowest BCUT2D eigenvalue weighted by molar-refractivity contribution is -0.132. The van der Waals surface area contributed by atoms with Crippen LogP contribution in [0, 0.1) is 5.92 Å². The molecule has 0 radical (unpaired) electrons. The zero-order valence-electron chi connectivity index (χ0n) is 22.9. The van der Waals surface area contributed by atoms with Crippen LogP contribution in [0.1, 0.15) is 67.7 Å². The second-order valence-corrected chi connectivity index (χ2v) is 11.5. The van der Waals surface area contributed by atoms with Crippen molar-refractivity contribution in [2.75, 3.05) is 32.2 Å². The molecule has 0 bridgehead atoms. The molecule has 4 heteroatoms. The predicted molar refractivity (Wildman–Crippen MR) is 151 cm³/mol. The molecule has 0 amide bonds. The Bertz CT molecular complexity index is 1160. The number of anilines is 1. The third-order valence-electron chi connectivity index (χ3n) is 7.92. The van der Waals surface area contributed by atoms with Gasteiger partial charge in [-0.2, -0.15) is 0 Å². The van der Waals surface area contributed by atoms with Crippen LogP contribution in [0.15, 0.2) is 72.8 Å². The Kier molecular flexibility index (Phi) is 7.60. The molecular weight excluding hydrogens is 458 g/mol. The fourth-order valence-electron chi connectivity index (χ4n) is 6.30. The largest absolute Gasteiger partial charge is 0.488 e. The number of aryl methyl sites for hydroxylation is 1. The van der Waals surface area contributed by atoms with Crippen molar-refractivity contribution in [3.05, 3.63) is 95.1 Å². The van der Waals surface area contributed by atoms with Crippen molar-refractivity contribution in [3.63, 3.8) is 0 Å². The van der Waals surface area contributed by atoms with Crippen LogP contribution in [-0.4, -0.2) is 39.2 Å². The van der Waals surface area contributed by atoms with Gasteiger partial charge in [-0.05, 0) is 92.5 Å². The normalized spacial score (nSPS) is 21.8. The van der Waals surface area contributed by atoms with Gasteiger partial charge < -0.3 is 19.1 Å². The van der Waals surface area contributed by atoms with E-state index in [1.54, 1.807) is 14.2 Å². The zero-order chi connectivity index (χ0) is 26.0. The third kappa shape index (κ3) is 5.71. The van der Waals surface area contributed by atoms with Crippen LogP contribution in [0.25, 0.3) is 0 Å². The zero-order valence-corrected chi connectivity index (χ0v) is 22.9. The first-order chi connectivity index (χ1) is 17.9. The van der Waals surface area contributed by atoms with Crippen molar-refractivity contribution in [2.24, 2.45) is 5.92 Å². The van der Waals surface area contributed by atoms with Crippen LogP contribution in [0.3, 0.4) is 0 Å². The van der Waals surface area contributed by atoms with E-state index in [-0.39, 0.29) is 11.9 Å². The molecule has 2 aliphatic rings. The van der Waals surface area contributed by atoms with Gasteiger partial charge in [0.1, 0.15) is 11.4 Å². The van der Waals surface area contributed by atoms with Crippen LogP contribution in [0.5, 0.6) is 5.75 Å². The first kappa shape index (κ1) is 25.8. The average Bonchev–Trinajstić information content (AvgIpc) is 3.38. The minimum Gasteiger partial charge on any atom is -0.488 e. The summed E-state index contributed by atoms with van der Waals surface area (Å²) in [7, 11) is 3.46. The topological polar surface area (TPSA) is 30.9 Å². The minimum atomic E-state index is -0.203. The Hall–Kier alpha value is -2.82. The van der Waals surface area contributed by atoms with E-state index >= 15 is 0 Å². The lowest BCUT2D eigenvalue weighted by Crippen LogP contribution is -2.28. The maximum absolute atomic E-state index is 6.21. The van der Waals surface area contributed by atoms with E-state index in [2.05, 4.69) is 98.5 Å². The van der Waals surface area contributed by atoms with Crippen LogP contribution in [0.4, 0.5) is 5.69 Å². The number of nitrogens with zero attached hydrogens (tertiary/aromatic N) is 1. The predicted octanol–water partition coefficient (Wildman–Crippen LogP) is 7.17. The van der Waals surface area contributed by atoms with E-state index in [1.807, 2.05) is 0 Å². The Balaban J connectivity index is 1.44. The average molecular weight is 500 g/mol. The van der Waals surface area contributed by atoms with Gasteiger partial charge in [0.25, 0.3) is 0 Å². The molecule has 0 spiro atoms. The van der Waals surface area contributed by atoms with Crippen molar-refractivity contribution >= 4 is 5.69 Å². The van der Waals surface area contributed by atoms with E-state index in [4.69, 9.17) is 14.2 Å². The van der Waals surface area contributed by atoms with Gasteiger partial charge in [-0.15, -0.1) is 0 Å². The van der Waals surface area contributed by atoms with Crippen molar-refractivity contribution < 1.29 is 14.2 Å². The summed E-state index contributed by atoms with van der Waals surface area (Å²) in [5.74, 6) is 2.13. The summed E-state index contributed by atoms with van der Waals surface area (Å²) in [5, 5.41) is 0. The monoisotopic (exact) mass is 499 g/mol. The third-order valence-corrected chi connectivity index (χ3v) is 7.92. The molecule has 1 aliphatic heterocycles. The van der Waals surface area contributed by atoms with Gasteiger partial charge in [-0.1, -0.05) is 48.5 Å². The lowest BCUT2D eigenvalue weighted by atomic mass is 9.69. The summed E-state index contributed by atoms with van der Waals surface area (Å²) in [6.45, 7) is 8.31. The second kappa shape index (κ2) is 10.9. The molecular formula is C33H41NO3. The summed E-state index contributed by atoms with van der Waals surface area (Å²) in [6.07, 6.45) is 3.15. The quantitative estimate of drug-likeness (QED) is 0.323. The molecule has 1 aliphatic carbocycles. The SMILES string of the molecule is COC(OC)[C@@H]1CCN(c2ccc([C@@H]3c4ccc(OC(C)(C)C)cc4CC[C@@H]3c3ccccc3)cc2)C1. The molecule has 1 fully saturated rings. The summed E-state index contributed by atoms with van der Waals surface area (Å²) >= 11 is 0. The number of rotatable bonds is 7. The highest BCUT2D eigenvalue weighted by Gasteiger charge is 2.33. The van der Waals surface area contributed by atoms with E-state index < -0.39 is 0 Å². The van der Waals surface area contributed by atoms with Gasteiger partial charge in [0.15, 0.2) is 6.29 Å². The van der Waals surface area contributed by atoms with Crippen LogP contribution >= 0.6 is 0 Å². The highest BCUT2D eigenvalue weighted by molar-refractivity contribution is 5.53. The minimum absolute atomic E-state index is 0.137. The van der Waals surface area contributed by atoms with Crippen LogP contribution in [-0.2, 0) is 15.9 Å². The number of benzene rings is 3. The molecule has 1 saturated heterocycles. The van der Waals surface area contributed by atoms with Gasteiger partial charge in [-0.3, -0.25) is 0 Å². The summed E-state index contributed by atoms with van der Waals surface area (Å²) in [4.78, 5) is 2.46. The fourth-order valence-corrected chi connectivity index (χ4v) is 6.30. The lowest BCUT2D eigenvalue weighted by Gasteiger charge is -2.35. The Morgan fingerprint density at radius 2 is 1.57 bits per heavy atom. The molecule has 0 unspecified atom stereocenters. The Morgan fingerprint density at radius 3 is 2.24 bits per heavy atom. The molecule has 4 nitrogen and oxygen atoms in total. The summed E-state index contributed by atoms with van der Waals surface area (Å²) in [5.41, 5.74) is 6.72. The Labute approximate surface area is 222 Å². The van der Waals surface area contributed by atoms with E-state index in [9.17, 15) is 0 Å². The molecule has 3 aromatic rings. The van der Waals surface area contributed by atoms with Gasteiger partial charge in [0.05, 0.1) is 0 Å². The molecule has 37 heavy (non-hydrogen) atoms. The second-order valence-electron chi connectivity index (χ2n) is 11.5. The number of fused-ring (bicyclic) bond motifs is 1. The standard InChI is InChI=1S/C33H41NO3/c1-33(2,3)37-28-16-18-30-25(21-28)13-17-29(23-9-7-6-8-10-23)31(30)24-11-14-27(15-12-24)34-20-19-26(22-34)32(35-4)36-5/h6-12,14-16,18,21,26,29,31-32H,13,17,19-20,22H2,1-5H3/t26-,29-,31+/m1/s1. The van der Waals surface area contributed by atoms with Gasteiger partial charge >= 0.3 is 0 Å². The van der Waals surface area contributed by atoms with Crippen LogP contribution < -0.4 is 9.64 Å². The van der Waals surface area contributed by atoms with Gasteiger partial charge in [0.2, 0.25) is 0 Å². The van der Waals surface area contributed by atoms with Crippen molar-refractivity contribution in [1.82, 2.24) is 0 Å². The molecule has 0 aromatic heterocycles. The first-order valence-electron chi connectivity index (χ1n) is 13.6. The molecule has 0 saturated carbocycles. The number of hydrogen-bond donors (Lipinski definition) is 0. The summed E-state index contributed by atoms with van der Waals surface area (Å²) in [6, 6.07) is 27.1. The number of hydrogen-bond acceptors (Lipinski definition) is 4. The van der Waals surface area contributed by atoms with Crippen molar-refractivity contribution in [3.8, 4) is 5.75 Å². The highest BCUT2D eigenvalue weighted by atomic mass is 16.7. The van der Waals surface area contributed by atoms with E-state index in [0.717, 1.165) is 38.1 Å². The first-order valence-corrected chi connectivity index (χ1v) is 13.6. The Morgan fingerprint density at radius 1 is 0.838 bits per heavy atom. The highest BCUT2D eigenvalue weighted by Crippen LogP contribution is 2.47. The smallest absolute Gasteiger partial charge is 0.161 e. The summed E-state index contributed by atoms with van der Waals surface area (Å²) < 4.78 is 17.3. The molecule has 3 atom stereocenters. The molecule has 196 valence electrons. The van der Waals surface area contributed by atoms with E-state index in [0.29, 0.717) is 17.8 Å². The number of ether oxygens (including phenoxy) is 3. The van der Waals surface area contributed by atoms with E-state index in [1.165, 1.54) is 27.9 Å². The molecule has 5 rings (SSSR count). The fraction of sp³-hybridized carbons (Fsp3) is 0.455. The maximum atomic E-state index is 6.21. The maximum Gasteiger partial charge on any atom is 0.161 e. The molecule has 1 heterocycles.